The summed E-state index contributed by atoms with van der Waals surface area (Å²) in [5.41, 5.74) is -0.264. The quantitative estimate of drug-likeness (QED) is 0.892. The SMILES string of the molecule is COCCn1cccc1C(=O)N1CCCC(C)(C(=O)O)C1. The van der Waals surface area contributed by atoms with E-state index in [1.165, 1.54) is 0 Å². The molecule has 1 fully saturated rings. The Morgan fingerprint density at radius 3 is 2.90 bits per heavy atom. The zero-order chi connectivity index (χ0) is 15.5. The van der Waals surface area contributed by atoms with Crippen molar-refractivity contribution < 1.29 is 19.4 Å². The number of hydrogen-bond donors (Lipinski definition) is 1. The van der Waals surface area contributed by atoms with E-state index in [1.807, 2.05) is 16.8 Å². The van der Waals surface area contributed by atoms with Gasteiger partial charge >= 0.3 is 5.97 Å². The molecule has 0 spiro atoms. The van der Waals surface area contributed by atoms with Gasteiger partial charge in [0, 0.05) is 32.9 Å². The molecule has 0 bridgehead atoms. The van der Waals surface area contributed by atoms with Gasteiger partial charge in [0.15, 0.2) is 0 Å². The van der Waals surface area contributed by atoms with Gasteiger partial charge < -0.3 is 19.3 Å². The number of ether oxygens (including phenoxy) is 1. The monoisotopic (exact) mass is 294 g/mol. The molecule has 1 unspecified atom stereocenters. The zero-order valence-corrected chi connectivity index (χ0v) is 12.5. The summed E-state index contributed by atoms with van der Waals surface area (Å²) in [6.45, 7) is 3.71. The molecular weight excluding hydrogens is 272 g/mol. The molecule has 2 heterocycles. The molecule has 6 nitrogen and oxygen atoms in total. The molecule has 6 heteroatoms. The average molecular weight is 294 g/mol. The molecule has 21 heavy (non-hydrogen) atoms. The summed E-state index contributed by atoms with van der Waals surface area (Å²) >= 11 is 0. The Labute approximate surface area is 124 Å². The molecule has 116 valence electrons. The molecule has 1 aliphatic rings. The third-order valence-electron chi connectivity index (χ3n) is 4.08. The Morgan fingerprint density at radius 2 is 2.24 bits per heavy atom. The normalized spacial score (nSPS) is 22.3. The van der Waals surface area contributed by atoms with E-state index in [2.05, 4.69) is 0 Å². The van der Waals surface area contributed by atoms with Gasteiger partial charge in [-0.3, -0.25) is 9.59 Å². The minimum Gasteiger partial charge on any atom is -0.481 e. The van der Waals surface area contributed by atoms with Crippen molar-refractivity contribution in [2.24, 2.45) is 5.41 Å². The number of hydrogen-bond acceptors (Lipinski definition) is 3. The highest BCUT2D eigenvalue weighted by molar-refractivity contribution is 5.93. The van der Waals surface area contributed by atoms with Gasteiger partial charge in [0.1, 0.15) is 5.69 Å². The molecule has 1 aliphatic heterocycles. The number of amides is 1. The highest BCUT2D eigenvalue weighted by Gasteiger charge is 2.39. The summed E-state index contributed by atoms with van der Waals surface area (Å²) in [7, 11) is 1.62. The minimum atomic E-state index is -0.849. The van der Waals surface area contributed by atoms with E-state index >= 15 is 0 Å². The van der Waals surface area contributed by atoms with Gasteiger partial charge in [0.05, 0.1) is 12.0 Å². The van der Waals surface area contributed by atoms with Crippen LogP contribution in [0.5, 0.6) is 0 Å². The number of carboxylic acid groups (broad SMARTS) is 1. The number of aromatic nitrogens is 1. The lowest BCUT2D eigenvalue weighted by Gasteiger charge is -2.37. The van der Waals surface area contributed by atoms with Crippen molar-refractivity contribution in [3.05, 3.63) is 24.0 Å². The second-order valence-corrected chi connectivity index (χ2v) is 5.78. The summed E-state index contributed by atoms with van der Waals surface area (Å²) in [4.78, 5) is 25.7. The van der Waals surface area contributed by atoms with E-state index in [9.17, 15) is 14.7 Å². The first-order chi connectivity index (χ1) is 9.98. The molecule has 1 atom stereocenters. The predicted octanol–water partition coefficient (Wildman–Crippen LogP) is 1.46. The van der Waals surface area contributed by atoms with Gasteiger partial charge in [-0.25, -0.2) is 0 Å². The van der Waals surface area contributed by atoms with Gasteiger partial charge in [0.25, 0.3) is 5.91 Å². The van der Waals surface area contributed by atoms with E-state index in [1.54, 1.807) is 25.0 Å². The maximum Gasteiger partial charge on any atom is 0.311 e. The molecule has 1 saturated heterocycles. The van der Waals surface area contributed by atoms with Crippen molar-refractivity contribution in [1.82, 2.24) is 9.47 Å². The molecule has 0 radical (unpaired) electrons. The van der Waals surface area contributed by atoms with E-state index in [0.717, 1.165) is 0 Å². The van der Waals surface area contributed by atoms with Crippen LogP contribution in [0.15, 0.2) is 18.3 Å². The smallest absolute Gasteiger partial charge is 0.311 e. The predicted molar refractivity (Wildman–Crippen MR) is 77.2 cm³/mol. The Morgan fingerprint density at radius 1 is 1.48 bits per heavy atom. The largest absolute Gasteiger partial charge is 0.481 e. The summed E-state index contributed by atoms with van der Waals surface area (Å²) in [6.07, 6.45) is 3.16. The summed E-state index contributed by atoms with van der Waals surface area (Å²) in [6, 6.07) is 3.59. The molecule has 0 aliphatic carbocycles. The van der Waals surface area contributed by atoms with Crippen molar-refractivity contribution in [2.45, 2.75) is 26.3 Å². The topological polar surface area (TPSA) is 71.8 Å². The van der Waals surface area contributed by atoms with Gasteiger partial charge in [-0.2, -0.15) is 0 Å². The van der Waals surface area contributed by atoms with Crippen molar-refractivity contribution in [1.29, 1.82) is 0 Å². The zero-order valence-electron chi connectivity index (χ0n) is 12.5. The molecule has 1 N–H and O–H groups in total. The van der Waals surface area contributed by atoms with Crippen molar-refractivity contribution in [3.8, 4) is 0 Å². The standard InChI is InChI=1S/C15H22N2O4/c1-15(14(19)20)6-4-8-17(11-15)13(18)12-5-3-7-16(12)9-10-21-2/h3,5,7H,4,6,8-11H2,1-2H3,(H,19,20). The number of piperidine rings is 1. The fourth-order valence-corrected chi connectivity index (χ4v) is 2.74. The maximum atomic E-state index is 12.6. The maximum absolute atomic E-state index is 12.6. The second kappa shape index (κ2) is 6.30. The van der Waals surface area contributed by atoms with Gasteiger partial charge in [0.2, 0.25) is 0 Å². The van der Waals surface area contributed by atoms with Crippen LogP contribution >= 0.6 is 0 Å². The summed E-state index contributed by atoms with van der Waals surface area (Å²) in [5.74, 6) is -0.946. The van der Waals surface area contributed by atoms with Crippen LogP contribution in [0.3, 0.4) is 0 Å². The van der Waals surface area contributed by atoms with E-state index in [0.29, 0.717) is 38.2 Å². The molecule has 1 aromatic heterocycles. The lowest BCUT2D eigenvalue weighted by molar-refractivity contribution is -0.150. The van der Waals surface area contributed by atoms with Gasteiger partial charge in [-0.05, 0) is 31.9 Å². The second-order valence-electron chi connectivity index (χ2n) is 5.78. The molecule has 2 rings (SSSR count). The number of carbonyl (C=O) groups excluding carboxylic acids is 1. The fourth-order valence-electron chi connectivity index (χ4n) is 2.74. The van der Waals surface area contributed by atoms with Crippen molar-refractivity contribution >= 4 is 11.9 Å². The van der Waals surface area contributed by atoms with Crippen LogP contribution in [-0.2, 0) is 16.1 Å². The number of likely N-dealkylation sites (tertiary alicyclic amines) is 1. The van der Waals surface area contributed by atoms with Crippen LogP contribution < -0.4 is 0 Å². The number of carboxylic acids is 1. The minimum absolute atomic E-state index is 0.108. The Kier molecular flexibility index (Phi) is 4.67. The van der Waals surface area contributed by atoms with Crippen molar-refractivity contribution in [3.63, 3.8) is 0 Å². The number of rotatable bonds is 5. The molecule has 0 saturated carbocycles. The van der Waals surface area contributed by atoms with Crippen molar-refractivity contribution in [2.75, 3.05) is 26.8 Å². The highest BCUT2D eigenvalue weighted by Crippen LogP contribution is 2.30. The lowest BCUT2D eigenvalue weighted by atomic mass is 9.82. The number of aliphatic carboxylic acids is 1. The highest BCUT2D eigenvalue weighted by atomic mass is 16.5. The van der Waals surface area contributed by atoms with Crippen LogP contribution in [-0.4, -0.2) is 53.3 Å². The first kappa shape index (κ1) is 15.6. The van der Waals surface area contributed by atoms with Gasteiger partial charge in [-0.15, -0.1) is 0 Å². The number of methoxy groups -OCH3 is 1. The summed E-state index contributed by atoms with van der Waals surface area (Å²) < 4.78 is 6.88. The molecular formula is C15H22N2O4. The molecule has 0 aromatic carbocycles. The molecule has 1 amide bonds. The van der Waals surface area contributed by atoms with E-state index in [4.69, 9.17) is 4.74 Å². The van der Waals surface area contributed by atoms with Crippen LogP contribution in [0.4, 0.5) is 0 Å². The third kappa shape index (κ3) is 3.26. The van der Waals surface area contributed by atoms with Crippen LogP contribution in [0.2, 0.25) is 0 Å². The Hall–Kier alpha value is -1.82. The van der Waals surface area contributed by atoms with Crippen LogP contribution in [0, 0.1) is 5.41 Å². The Balaban J connectivity index is 2.13. The van der Waals surface area contributed by atoms with Gasteiger partial charge in [-0.1, -0.05) is 0 Å². The number of nitrogens with zero attached hydrogens (tertiary/aromatic N) is 2. The summed E-state index contributed by atoms with van der Waals surface area (Å²) in [5, 5.41) is 9.34. The Bertz CT molecular complexity index is 525. The van der Waals surface area contributed by atoms with Crippen LogP contribution in [0.25, 0.3) is 0 Å². The lowest BCUT2D eigenvalue weighted by Crippen LogP contribution is -2.48. The number of carbonyl (C=O) groups is 2. The fraction of sp³-hybridized carbons (Fsp3) is 0.600. The first-order valence-corrected chi connectivity index (χ1v) is 7.15. The van der Waals surface area contributed by atoms with E-state index < -0.39 is 11.4 Å². The van der Waals surface area contributed by atoms with Crippen LogP contribution in [0.1, 0.15) is 30.3 Å². The third-order valence-corrected chi connectivity index (χ3v) is 4.08. The molecule has 1 aromatic rings. The first-order valence-electron chi connectivity index (χ1n) is 7.15. The average Bonchev–Trinajstić information content (AvgIpc) is 2.92. The van der Waals surface area contributed by atoms with E-state index in [-0.39, 0.29) is 12.5 Å².